The highest BCUT2D eigenvalue weighted by atomic mass is 32.2. The zero-order valence-electron chi connectivity index (χ0n) is 18.5. The lowest BCUT2D eigenvalue weighted by atomic mass is 9.95. The van der Waals surface area contributed by atoms with Crippen LogP contribution in [0.15, 0.2) is 34.2 Å². The number of nitrogens with zero attached hydrogens (tertiary/aromatic N) is 6. The molecule has 0 N–H and O–H groups in total. The Morgan fingerprint density at radius 3 is 3.03 bits per heavy atom. The van der Waals surface area contributed by atoms with E-state index in [1.165, 1.54) is 36.2 Å². The summed E-state index contributed by atoms with van der Waals surface area (Å²) in [5, 5.41) is 10.7. The maximum absolute atomic E-state index is 5.47. The Morgan fingerprint density at radius 2 is 2.19 bits per heavy atom. The molecule has 2 aliphatic rings. The second-order valence-electron chi connectivity index (χ2n) is 9.04. The number of aryl methyl sites for hydroxylation is 2. The molecule has 1 saturated heterocycles. The van der Waals surface area contributed by atoms with Crippen LogP contribution in [0.5, 0.6) is 0 Å². The van der Waals surface area contributed by atoms with Crippen LogP contribution in [0.2, 0.25) is 0 Å². The molecule has 166 valence electrons. The van der Waals surface area contributed by atoms with E-state index in [4.69, 9.17) is 4.42 Å². The summed E-state index contributed by atoms with van der Waals surface area (Å²) in [5.74, 6) is 3.27. The molecule has 0 spiro atoms. The molecule has 4 aromatic rings. The van der Waals surface area contributed by atoms with E-state index in [9.17, 15) is 0 Å². The van der Waals surface area contributed by atoms with Gasteiger partial charge in [0, 0.05) is 31.3 Å². The first-order valence-corrected chi connectivity index (χ1v) is 12.9. The molecule has 9 heteroatoms. The maximum atomic E-state index is 5.47. The molecule has 1 aliphatic heterocycles. The van der Waals surface area contributed by atoms with E-state index in [0.717, 1.165) is 51.8 Å². The zero-order chi connectivity index (χ0) is 21.9. The van der Waals surface area contributed by atoms with Gasteiger partial charge in [-0.05, 0) is 56.8 Å². The van der Waals surface area contributed by atoms with Crippen LogP contribution in [0.1, 0.15) is 29.1 Å². The Bertz CT molecular complexity index is 1290. The Hall–Kier alpha value is -2.23. The molecule has 1 aliphatic carbocycles. The smallest absolute Gasteiger partial charge is 0.202 e. The van der Waals surface area contributed by atoms with Gasteiger partial charge in [0.15, 0.2) is 17.3 Å². The van der Waals surface area contributed by atoms with Gasteiger partial charge < -0.3 is 13.9 Å². The summed E-state index contributed by atoms with van der Waals surface area (Å²) in [5.41, 5.74) is 3.88. The first-order valence-electron chi connectivity index (χ1n) is 11.1. The average molecular weight is 467 g/mol. The lowest BCUT2D eigenvalue weighted by Crippen LogP contribution is -2.27. The molecule has 2 atom stereocenters. The van der Waals surface area contributed by atoms with Crippen molar-refractivity contribution in [3.05, 3.63) is 40.9 Å². The van der Waals surface area contributed by atoms with E-state index in [-0.39, 0.29) is 0 Å². The number of thiazole rings is 1. The van der Waals surface area contributed by atoms with Crippen molar-refractivity contribution in [3.63, 3.8) is 0 Å². The number of aromatic nitrogens is 5. The van der Waals surface area contributed by atoms with E-state index in [1.54, 1.807) is 11.8 Å². The number of hydrogen-bond acceptors (Lipinski definition) is 8. The van der Waals surface area contributed by atoms with Gasteiger partial charge in [-0.25, -0.2) is 9.97 Å². The predicted octanol–water partition coefficient (Wildman–Crippen LogP) is 4.45. The highest BCUT2D eigenvalue weighted by molar-refractivity contribution is 7.99. The van der Waals surface area contributed by atoms with E-state index in [2.05, 4.69) is 50.2 Å². The number of rotatable bonds is 7. The standard InChI is InChI=1S/C23H26N6OS2/c1-14-20(30-13-24-14)21-26-27-22(28(21)3)31-8-4-7-29-11-17-10-23(17,12-29)16-5-6-18-19(9-16)32-15(2)25-18/h5-6,9,13,17H,4,7-8,10-12H2,1-3H3/t17-,23+/m1/s1. The molecule has 2 fully saturated rings. The van der Waals surface area contributed by atoms with Gasteiger partial charge in [-0.15, -0.1) is 21.5 Å². The van der Waals surface area contributed by atoms with Crippen LogP contribution in [0.3, 0.4) is 0 Å². The van der Waals surface area contributed by atoms with Crippen LogP contribution in [0.4, 0.5) is 0 Å². The van der Waals surface area contributed by atoms with Crippen LogP contribution in [0.25, 0.3) is 21.8 Å². The lowest BCUT2D eigenvalue weighted by Gasteiger charge is -2.21. The van der Waals surface area contributed by atoms with Crippen molar-refractivity contribution in [2.24, 2.45) is 13.0 Å². The summed E-state index contributed by atoms with van der Waals surface area (Å²) >= 11 is 3.57. The predicted molar refractivity (Wildman–Crippen MR) is 127 cm³/mol. The molecular formula is C23H26N6OS2. The minimum absolute atomic E-state index is 0.382. The fourth-order valence-electron chi connectivity index (χ4n) is 5.16. The summed E-state index contributed by atoms with van der Waals surface area (Å²) in [6, 6.07) is 6.94. The zero-order valence-corrected chi connectivity index (χ0v) is 20.2. The second-order valence-corrected chi connectivity index (χ2v) is 11.3. The molecule has 32 heavy (non-hydrogen) atoms. The summed E-state index contributed by atoms with van der Waals surface area (Å²) in [6.07, 6.45) is 3.93. The maximum Gasteiger partial charge on any atom is 0.202 e. The Labute approximate surface area is 195 Å². The average Bonchev–Trinajstić information content (AvgIpc) is 3.20. The molecule has 0 bridgehead atoms. The first-order chi connectivity index (χ1) is 15.5. The number of oxazole rings is 1. The van der Waals surface area contributed by atoms with E-state index < -0.39 is 0 Å². The van der Waals surface area contributed by atoms with Crippen molar-refractivity contribution in [1.29, 1.82) is 0 Å². The van der Waals surface area contributed by atoms with Gasteiger partial charge in [0.2, 0.25) is 5.82 Å². The highest BCUT2D eigenvalue weighted by Gasteiger charge is 2.60. The van der Waals surface area contributed by atoms with Crippen molar-refractivity contribution in [2.45, 2.75) is 37.3 Å². The third-order valence-electron chi connectivity index (χ3n) is 6.92. The number of thioether (sulfide) groups is 1. The van der Waals surface area contributed by atoms with Gasteiger partial charge in [0.25, 0.3) is 0 Å². The molecule has 1 aromatic carbocycles. The molecule has 4 heterocycles. The van der Waals surface area contributed by atoms with Crippen molar-refractivity contribution in [2.75, 3.05) is 25.4 Å². The van der Waals surface area contributed by atoms with Crippen LogP contribution in [-0.2, 0) is 12.5 Å². The first kappa shape index (κ1) is 20.4. The quantitative estimate of drug-likeness (QED) is 0.294. The Morgan fingerprint density at radius 1 is 1.28 bits per heavy atom. The van der Waals surface area contributed by atoms with Crippen LogP contribution in [0, 0.1) is 19.8 Å². The van der Waals surface area contributed by atoms with Gasteiger partial charge in [0.05, 0.1) is 20.9 Å². The Balaban J connectivity index is 1.04. The minimum Gasteiger partial charge on any atom is -0.440 e. The molecule has 1 saturated carbocycles. The molecule has 0 radical (unpaired) electrons. The highest BCUT2D eigenvalue weighted by Crippen LogP contribution is 2.59. The third kappa shape index (κ3) is 3.38. The van der Waals surface area contributed by atoms with Gasteiger partial charge in [-0.1, -0.05) is 17.8 Å². The monoisotopic (exact) mass is 466 g/mol. The van der Waals surface area contributed by atoms with Crippen LogP contribution < -0.4 is 0 Å². The number of hydrogen-bond donors (Lipinski definition) is 0. The van der Waals surface area contributed by atoms with Crippen molar-refractivity contribution in [3.8, 4) is 11.6 Å². The lowest BCUT2D eigenvalue weighted by molar-refractivity contribution is 0.299. The third-order valence-corrected chi connectivity index (χ3v) is 8.96. The summed E-state index contributed by atoms with van der Waals surface area (Å²) in [4.78, 5) is 11.4. The largest absolute Gasteiger partial charge is 0.440 e. The van der Waals surface area contributed by atoms with Crippen LogP contribution in [-0.4, -0.2) is 55.0 Å². The molecule has 7 nitrogen and oxygen atoms in total. The number of fused-ring (bicyclic) bond motifs is 2. The number of likely N-dealkylation sites (tertiary alicyclic amines) is 1. The second kappa shape index (κ2) is 7.67. The summed E-state index contributed by atoms with van der Waals surface area (Å²) < 4.78 is 8.80. The van der Waals surface area contributed by atoms with Crippen molar-refractivity contribution < 1.29 is 4.42 Å². The Kier molecular flexibility index (Phi) is 4.89. The molecule has 0 unspecified atom stereocenters. The number of benzene rings is 1. The molecule has 0 amide bonds. The van der Waals surface area contributed by atoms with Gasteiger partial charge in [-0.2, -0.15) is 0 Å². The van der Waals surface area contributed by atoms with Gasteiger partial charge in [-0.3, -0.25) is 0 Å². The summed E-state index contributed by atoms with van der Waals surface area (Å²) in [6.45, 7) is 7.56. The van der Waals surface area contributed by atoms with Gasteiger partial charge >= 0.3 is 0 Å². The van der Waals surface area contributed by atoms with E-state index in [0.29, 0.717) is 11.2 Å². The number of piperidine rings is 1. The molecule has 3 aromatic heterocycles. The molecular weight excluding hydrogens is 440 g/mol. The fraction of sp³-hybridized carbons (Fsp3) is 0.478. The normalized spacial score (nSPS) is 22.7. The van der Waals surface area contributed by atoms with Crippen molar-refractivity contribution >= 4 is 33.3 Å². The minimum atomic E-state index is 0.382. The summed E-state index contributed by atoms with van der Waals surface area (Å²) in [7, 11) is 1.98. The molecule has 6 rings (SSSR count). The topological polar surface area (TPSA) is 72.9 Å². The van der Waals surface area contributed by atoms with Crippen LogP contribution >= 0.6 is 23.1 Å². The van der Waals surface area contributed by atoms with E-state index in [1.807, 2.05) is 29.9 Å². The van der Waals surface area contributed by atoms with E-state index >= 15 is 0 Å². The fourth-order valence-corrected chi connectivity index (χ4v) is 6.86. The van der Waals surface area contributed by atoms with Crippen molar-refractivity contribution in [1.82, 2.24) is 29.6 Å². The SMILES string of the molecule is Cc1nc2ccc([C@@]34C[C@@H]3CN(CCCSc3nnc(-c5ocnc5C)n3C)C4)cc2s1. The van der Waals surface area contributed by atoms with Gasteiger partial charge in [0.1, 0.15) is 0 Å².